The molecule has 1 aromatic carbocycles. The van der Waals surface area contributed by atoms with Gasteiger partial charge >= 0.3 is 0 Å². The van der Waals surface area contributed by atoms with Crippen molar-refractivity contribution in [1.82, 2.24) is 15.5 Å². The lowest BCUT2D eigenvalue weighted by Gasteiger charge is -2.17. The van der Waals surface area contributed by atoms with Gasteiger partial charge in [0.15, 0.2) is 5.82 Å². The Bertz CT molecular complexity index is 639. The molecular weight excluding hydrogens is 304 g/mol. The molecule has 2 unspecified atom stereocenters. The standard InChI is InChI=1S/C15H19ClN4O2/c1-8(2)12(17)14(21)18-9(3)13-19-15(22-20-13)10-4-6-11(16)7-5-10/h4-9,12H,17H2,1-3H3,(H,18,21). The van der Waals surface area contributed by atoms with Crippen LogP contribution in [0.5, 0.6) is 0 Å². The quantitative estimate of drug-likeness (QED) is 0.882. The van der Waals surface area contributed by atoms with Gasteiger partial charge in [-0.05, 0) is 37.1 Å². The van der Waals surface area contributed by atoms with E-state index in [0.29, 0.717) is 16.7 Å². The second kappa shape index (κ2) is 6.89. The third-order valence-corrected chi connectivity index (χ3v) is 3.55. The summed E-state index contributed by atoms with van der Waals surface area (Å²) in [5.74, 6) is 0.595. The molecule has 0 aliphatic carbocycles. The average molecular weight is 323 g/mol. The van der Waals surface area contributed by atoms with E-state index in [2.05, 4.69) is 15.5 Å². The van der Waals surface area contributed by atoms with Crippen molar-refractivity contribution >= 4 is 17.5 Å². The van der Waals surface area contributed by atoms with Crippen molar-refractivity contribution in [1.29, 1.82) is 0 Å². The zero-order valence-corrected chi connectivity index (χ0v) is 13.5. The molecule has 2 aromatic rings. The lowest BCUT2D eigenvalue weighted by atomic mass is 10.0. The van der Waals surface area contributed by atoms with E-state index < -0.39 is 6.04 Å². The first-order valence-corrected chi connectivity index (χ1v) is 7.41. The fourth-order valence-corrected chi connectivity index (χ4v) is 1.92. The minimum Gasteiger partial charge on any atom is -0.345 e. The number of amides is 1. The smallest absolute Gasteiger partial charge is 0.257 e. The largest absolute Gasteiger partial charge is 0.345 e. The highest BCUT2D eigenvalue weighted by Crippen LogP contribution is 2.21. The maximum Gasteiger partial charge on any atom is 0.257 e. The third-order valence-electron chi connectivity index (χ3n) is 3.30. The first-order valence-electron chi connectivity index (χ1n) is 7.04. The summed E-state index contributed by atoms with van der Waals surface area (Å²) in [7, 11) is 0. The Morgan fingerprint density at radius 3 is 2.50 bits per heavy atom. The maximum atomic E-state index is 11.9. The van der Waals surface area contributed by atoms with E-state index >= 15 is 0 Å². The molecule has 0 spiro atoms. The van der Waals surface area contributed by atoms with Crippen LogP contribution in [0.3, 0.4) is 0 Å². The molecule has 0 saturated heterocycles. The number of carbonyl (C=O) groups excluding carboxylic acids is 1. The Balaban J connectivity index is 2.07. The summed E-state index contributed by atoms with van der Waals surface area (Å²) in [6, 6.07) is 6.11. The van der Waals surface area contributed by atoms with Gasteiger partial charge in [0, 0.05) is 10.6 Å². The number of benzene rings is 1. The van der Waals surface area contributed by atoms with E-state index in [0.717, 1.165) is 5.56 Å². The lowest BCUT2D eigenvalue weighted by Crippen LogP contribution is -2.44. The van der Waals surface area contributed by atoms with Gasteiger partial charge in [0.05, 0.1) is 12.1 Å². The molecule has 1 amide bonds. The predicted octanol–water partition coefficient (Wildman–Crippen LogP) is 2.55. The van der Waals surface area contributed by atoms with E-state index in [1.54, 1.807) is 31.2 Å². The summed E-state index contributed by atoms with van der Waals surface area (Å²) in [5, 5.41) is 7.31. The van der Waals surface area contributed by atoms with Crippen LogP contribution in [0.1, 0.15) is 32.6 Å². The minimum absolute atomic E-state index is 0.0575. The fraction of sp³-hybridized carbons (Fsp3) is 0.400. The first kappa shape index (κ1) is 16.5. The molecule has 118 valence electrons. The van der Waals surface area contributed by atoms with Crippen LogP contribution in [0.25, 0.3) is 11.5 Å². The van der Waals surface area contributed by atoms with Crippen LogP contribution in [0.15, 0.2) is 28.8 Å². The van der Waals surface area contributed by atoms with Gasteiger partial charge in [-0.25, -0.2) is 0 Å². The molecule has 0 radical (unpaired) electrons. The molecule has 1 heterocycles. The van der Waals surface area contributed by atoms with Crippen molar-refractivity contribution in [2.24, 2.45) is 11.7 Å². The molecule has 0 fully saturated rings. The summed E-state index contributed by atoms with van der Waals surface area (Å²) in [6.45, 7) is 5.56. The highest BCUT2D eigenvalue weighted by atomic mass is 35.5. The average Bonchev–Trinajstić information content (AvgIpc) is 2.96. The third kappa shape index (κ3) is 3.84. The number of hydrogen-bond donors (Lipinski definition) is 2. The molecular formula is C15H19ClN4O2. The Morgan fingerprint density at radius 1 is 1.27 bits per heavy atom. The molecule has 0 saturated carbocycles. The molecule has 0 bridgehead atoms. The fourth-order valence-electron chi connectivity index (χ4n) is 1.80. The van der Waals surface area contributed by atoms with Crippen molar-refractivity contribution in [3.05, 3.63) is 35.1 Å². The molecule has 7 heteroatoms. The number of nitrogens with one attached hydrogen (secondary N) is 1. The van der Waals surface area contributed by atoms with Gasteiger partial charge in [0.2, 0.25) is 5.91 Å². The van der Waals surface area contributed by atoms with Crippen LogP contribution in [-0.2, 0) is 4.79 Å². The van der Waals surface area contributed by atoms with E-state index in [-0.39, 0.29) is 17.9 Å². The van der Waals surface area contributed by atoms with Gasteiger partial charge in [-0.1, -0.05) is 30.6 Å². The van der Waals surface area contributed by atoms with E-state index in [1.807, 2.05) is 13.8 Å². The highest BCUT2D eigenvalue weighted by molar-refractivity contribution is 6.30. The first-order chi connectivity index (χ1) is 10.4. The molecule has 3 N–H and O–H groups in total. The number of rotatable bonds is 5. The summed E-state index contributed by atoms with van der Waals surface area (Å²) >= 11 is 5.84. The Morgan fingerprint density at radius 2 is 1.91 bits per heavy atom. The Hall–Kier alpha value is -1.92. The SMILES string of the molecule is CC(NC(=O)C(N)C(C)C)c1noc(-c2ccc(Cl)cc2)n1. The zero-order chi connectivity index (χ0) is 16.3. The summed E-state index contributed by atoms with van der Waals surface area (Å²) in [4.78, 5) is 16.2. The van der Waals surface area contributed by atoms with Crippen LogP contribution >= 0.6 is 11.6 Å². The molecule has 2 rings (SSSR count). The van der Waals surface area contributed by atoms with Crippen molar-refractivity contribution < 1.29 is 9.32 Å². The van der Waals surface area contributed by atoms with Crippen LogP contribution in [0.2, 0.25) is 5.02 Å². The van der Waals surface area contributed by atoms with Crippen molar-refractivity contribution in [3.8, 4) is 11.5 Å². The summed E-state index contributed by atoms with van der Waals surface area (Å²) in [6.07, 6.45) is 0. The molecule has 1 aromatic heterocycles. The molecule has 0 aliphatic heterocycles. The van der Waals surface area contributed by atoms with Gasteiger partial charge in [-0.15, -0.1) is 0 Å². The second-order valence-corrected chi connectivity index (χ2v) is 5.90. The maximum absolute atomic E-state index is 11.9. The minimum atomic E-state index is -0.565. The Labute approximate surface area is 134 Å². The van der Waals surface area contributed by atoms with Crippen LogP contribution < -0.4 is 11.1 Å². The normalized spacial score (nSPS) is 13.9. The van der Waals surface area contributed by atoms with Gasteiger partial charge < -0.3 is 15.6 Å². The van der Waals surface area contributed by atoms with E-state index in [4.69, 9.17) is 21.9 Å². The Kier molecular flexibility index (Phi) is 5.15. The van der Waals surface area contributed by atoms with E-state index in [1.165, 1.54) is 0 Å². The highest BCUT2D eigenvalue weighted by Gasteiger charge is 2.22. The van der Waals surface area contributed by atoms with Crippen molar-refractivity contribution in [2.45, 2.75) is 32.9 Å². The second-order valence-electron chi connectivity index (χ2n) is 5.46. The number of aromatic nitrogens is 2. The van der Waals surface area contributed by atoms with Crippen LogP contribution in [0.4, 0.5) is 0 Å². The van der Waals surface area contributed by atoms with E-state index in [9.17, 15) is 4.79 Å². The van der Waals surface area contributed by atoms with Gasteiger partial charge in [0.25, 0.3) is 5.89 Å². The number of nitrogens with two attached hydrogens (primary N) is 1. The lowest BCUT2D eigenvalue weighted by molar-refractivity contribution is -0.123. The van der Waals surface area contributed by atoms with Gasteiger partial charge in [-0.2, -0.15) is 4.98 Å². The topological polar surface area (TPSA) is 94.0 Å². The van der Waals surface area contributed by atoms with Gasteiger partial charge in [-0.3, -0.25) is 4.79 Å². The number of halogens is 1. The number of hydrogen-bond acceptors (Lipinski definition) is 5. The molecule has 6 nitrogen and oxygen atoms in total. The monoisotopic (exact) mass is 322 g/mol. The predicted molar refractivity (Wildman–Crippen MR) is 84.1 cm³/mol. The van der Waals surface area contributed by atoms with Gasteiger partial charge in [0.1, 0.15) is 0 Å². The molecule has 22 heavy (non-hydrogen) atoms. The molecule has 0 aliphatic rings. The summed E-state index contributed by atoms with van der Waals surface area (Å²) < 4.78 is 5.21. The molecule has 2 atom stereocenters. The number of carbonyl (C=O) groups is 1. The van der Waals surface area contributed by atoms with Crippen LogP contribution in [0, 0.1) is 5.92 Å². The van der Waals surface area contributed by atoms with Crippen LogP contribution in [-0.4, -0.2) is 22.1 Å². The van der Waals surface area contributed by atoms with Crippen molar-refractivity contribution in [3.63, 3.8) is 0 Å². The number of nitrogens with zero attached hydrogens (tertiary/aromatic N) is 2. The van der Waals surface area contributed by atoms with Crippen molar-refractivity contribution in [2.75, 3.05) is 0 Å². The summed E-state index contributed by atoms with van der Waals surface area (Å²) in [5.41, 5.74) is 6.57. The zero-order valence-electron chi connectivity index (χ0n) is 12.7.